The number of hydrogen-bond acceptors (Lipinski definition) is 1. The lowest BCUT2D eigenvalue weighted by Gasteiger charge is -2.25. The molecular formula is C16H24O. The van der Waals surface area contributed by atoms with Crippen LogP contribution in [-0.4, -0.2) is 6.61 Å². The van der Waals surface area contributed by atoms with Gasteiger partial charge in [0, 0.05) is 0 Å². The molecule has 1 atom stereocenters. The maximum atomic E-state index is 5.83. The average Bonchev–Trinajstić information content (AvgIpc) is 2.35. The van der Waals surface area contributed by atoms with E-state index in [0.717, 1.165) is 18.3 Å². The van der Waals surface area contributed by atoms with Crippen LogP contribution in [0.2, 0.25) is 0 Å². The summed E-state index contributed by atoms with van der Waals surface area (Å²) >= 11 is 0. The van der Waals surface area contributed by atoms with Crippen LogP contribution in [0, 0.1) is 5.92 Å². The van der Waals surface area contributed by atoms with E-state index in [9.17, 15) is 0 Å². The average molecular weight is 232 g/mol. The quantitative estimate of drug-likeness (QED) is 0.740. The highest BCUT2D eigenvalue weighted by Crippen LogP contribution is 2.35. The number of benzene rings is 1. The van der Waals surface area contributed by atoms with Crippen molar-refractivity contribution < 1.29 is 4.74 Å². The van der Waals surface area contributed by atoms with Crippen LogP contribution < -0.4 is 4.74 Å². The molecular weight excluding hydrogens is 208 g/mol. The SMILES string of the molecule is CCC1CCCc2ccc(OCC(C)C)cc21. The zero-order valence-corrected chi connectivity index (χ0v) is 11.3. The minimum atomic E-state index is 0.591. The minimum absolute atomic E-state index is 0.591. The third kappa shape index (κ3) is 3.02. The Morgan fingerprint density at radius 1 is 1.35 bits per heavy atom. The monoisotopic (exact) mass is 232 g/mol. The number of rotatable bonds is 4. The molecule has 1 unspecified atom stereocenters. The van der Waals surface area contributed by atoms with Crippen molar-refractivity contribution in [3.63, 3.8) is 0 Å². The molecule has 0 aliphatic heterocycles. The van der Waals surface area contributed by atoms with E-state index in [1.807, 2.05) is 0 Å². The summed E-state index contributed by atoms with van der Waals surface area (Å²) in [6.07, 6.45) is 5.19. The first-order valence-electron chi connectivity index (χ1n) is 6.96. The van der Waals surface area contributed by atoms with Gasteiger partial charge in [-0.15, -0.1) is 0 Å². The highest BCUT2D eigenvalue weighted by atomic mass is 16.5. The lowest BCUT2D eigenvalue weighted by molar-refractivity contribution is 0.270. The van der Waals surface area contributed by atoms with Gasteiger partial charge in [-0.2, -0.15) is 0 Å². The molecule has 17 heavy (non-hydrogen) atoms. The van der Waals surface area contributed by atoms with E-state index in [1.54, 1.807) is 11.1 Å². The minimum Gasteiger partial charge on any atom is -0.493 e. The van der Waals surface area contributed by atoms with Crippen molar-refractivity contribution >= 4 is 0 Å². The molecule has 0 saturated carbocycles. The third-order valence-electron chi connectivity index (χ3n) is 3.63. The summed E-state index contributed by atoms with van der Waals surface area (Å²) < 4.78 is 5.83. The number of fused-ring (bicyclic) bond motifs is 1. The van der Waals surface area contributed by atoms with Crippen LogP contribution in [0.15, 0.2) is 18.2 Å². The molecule has 0 aromatic heterocycles. The number of hydrogen-bond donors (Lipinski definition) is 0. The second kappa shape index (κ2) is 5.57. The van der Waals surface area contributed by atoms with Gasteiger partial charge < -0.3 is 4.74 Å². The van der Waals surface area contributed by atoms with Crippen LogP contribution >= 0.6 is 0 Å². The van der Waals surface area contributed by atoms with E-state index >= 15 is 0 Å². The molecule has 0 N–H and O–H groups in total. The summed E-state index contributed by atoms with van der Waals surface area (Å²) in [5.74, 6) is 2.40. The van der Waals surface area contributed by atoms with Crippen molar-refractivity contribution in [3.8, 4) is 5.75 Å². The fourth-order valence-corrected chi connectivity index (χ4v) is 2.65. The van der Waals surface area contributed by atoms with E-state index in [-0.39, 0.29) is 0 Å². The van der Waals surface area contributed by atoms with Crippen LogP contribution in [-0.2, 0) is 6.42 Å². The summed E-state index contributed by atoms with van der Waals surface area (Å²) in [6, 6.07) is 6.69. The first-order valence-corrected chi connectivity index (χ1v) is 6.96. The van der Waals surface area contributed by atoms with Crippen molar-refractivity contribution in [1.29, 1.82) is 0 Å². The van der Waals surface area contributed by atoms with Gasteiger partial charge in [-0.25, -0.2) is 0 Å². The molecule has 0 heterocycles. The van der Waals surface area contributed by atoms with Gasteiger partial charge in [0.25, 0.3) is 0 Å². The van der Waals surface area contributed by atoms with Crippen LogP contribution in [0.5, 0.6) is 5.75 Å². The predicted molar refractivity (Wildman–Crippen MR) is 72.7 cm³/mol. The van der Waals surface area contributed by atoms with Gasteiger partial charge in [-0.3, -0.25) is 0 Å². The smallest absolute Gasteiger partial charge is 0.119 e. The molecule has 1 heteroatoms. The lowest BCUT2D eigenvalue weighted by Crippen LogP contribution is -2.10. The fourth-order valence-electron chi connectivity index (χ4n) is 2.65. The standard InChI is InChI=1S/C16H24O/c1-4-13-6-5-7-14-8-9-15(10-16(13)14)17-11-12(2)3/h8-10,12-13H,4-7,11H2,1-3H3. The summed E-state index contributed by atoms with van der Waals surface area (Å²) in [5, 5.41) is 0. The lowest BCUT2D eigenvalue weighted by atomic mass is 9.81. The molecule has 0 fully saturated rings. The Morgan fingerprint density at radius 3 is 2.88 bits per heavy atom. The largest absolute Gasteiger partial charge is 0.493 e. The first-order chi connectivity index (χ1) is 8.20. The van der Waals surface area contributed by atoms with Gasteiger partial charge in [-0.1, -0.05) is 26.8 Å². The highest BCUT2D eigenvalue weighted by Gasteiger charge is 2.19. The van der Waals surface area contributed by atoms with Gasteiger partial charge in [0.15, 0.2) is 0 Å². The van der Waals surface area contributed by atoms with Gasteiger partial charge in [0.2, 0.25) is 0 Å². The molecule has 0 saturated heterocycles. The number of aryl methyl sites for hydroxylation is 1. The van der Waals surface area contributed by atoms with Crippen molar-refractivity contribution in [3.05, 3.63) is 29.3 Å². The zero-order chi connectivity index (χ0) is 12.3. The second-order valence-electron chi connectivity index (χ2n) is 5.56. The van der Waals surface area contributed by atoms with E-state index in [2.05, 4.69) is 39.0 Å². The molecule has 1 aromatic carbocycles. The summed E-state index contributed by atoms with van der Waals surface area (Å²) in [4.78, 5) is 0. The van der Waals surface area contributed by atoms with E-state index in [1.165, 1.54) is 25.7 Å². The molecule has 0 radical (unpaired) electrons. The Bertz CT molecular complexity index is 368. The molecule has 0 amide bonds. The van der Waals surface area contributed by atoms with Gasteiger partial charge in [0.1, 0.15) is 5.75 Å². The van der Waals surface area contributed by atoms with E-state index in [4.69, 9.17) is 4.74 Å². The molecule has 94 valence electrons. The molecule has 1 nitrogen and oxygen atoms in total. The Balaban J connectivity index is 2.16. The Morgan fingerprint density at radius 2 is 2.18 bits per heavy atom. The third-order valence-corrected chi connectivity index (χ3v) is 3.63. The highest BCUT2D eigenvalue weighted by molar-refractivity contribution is 5.39. The van der Waals surface area contributed by atoms with E-state index < -0.39 is 0 Å². The summed E-state index contributed by atoms with van der Waals surface area (Å²) in [6.45, 7) is 7.48. The molecule has 0 bridgehead atoms. The first kappa shape index (κ1) is 12.5. The fraction of sp³-hybridized carbons (Fsp3) is 0.625. The van der Waals surface area contributed by atoms with Crippen molar-refractivity contribution in [1.82, 2.24) is 0 Å². The molecule has 1 aliphatic carbocycles. The van der Waals surface area contributed by atoms with Crippen LogP contribution in [0.1, 0.15) is 57.1 Å². The van der Waals surface area contributed by atoms with Crippen LogP contribution in [0.25, 0.3) is 0 Å². The van der Waals surface area contributed by atoms with E-state index in [0.29, 0.717) is 5.92 Å². The van der Waals surface area contributed by atoms with Crippen molar-refractivity contribution in [2.75, 3.05) is 6.61 Å². The molecule has 1 aromatic rings. The number of ether oxygens (including phenoxy) is 1. The second-order valence-corrected chi connectivity index (χ2v) is 5.56. The Kier molecular flexibility index (Phi) is 4.09. The predicted octanol–water partition coefficient (Wildman–Crippen LogP) is 4.55. The van der Waals surface area contributed by atoms with Gasteiger partial charge in [0.05, 0.1) is 6.61 Å². The summed E-state index contributed by atoms with van der Waals surface area (Å²) in [5.41, 5.74) is 3.08. The Labute approximate surface area is 105 Å². The summed E-state index contributed by atoms with van der Waals surface area (Å²) in [7, 11) is 0. The normalized spacial score (nSPS) is 19.2. The zero-order valence-electron chi connectivity index (χ0n) is 11.3. The van der Waals surface area contributed by atoms with Crippen LogP contribution in [0.4, 0.5) is 0 Å². The molecule has 1 aliphatic rings. The van der Waals surface area contributed by atoms with Gasteiger partial charge >= 0.3 is 0 Å². The maximum Gasteiger partial charge on any atom is 0.119 e. The molecule has 2 rings (SSSR count). The van der Waals surface area contributed by atoms with Gasteiger partial charge in [-0.05, 0) is 60.8 Å². The Hall–Kier alpha value is -0.980. The topological polar surface area (TPSA) is 9.23 Å². The van der Waals surface area contributed by atoms with Crippen molar-refractivity contribution in [2.45, 2.75) is 52.4 Å². The molecule has 0 spiro atoms. The van der Waals surface area contributed by atoms with Crippen LogP contribution in [0.3, 0.4) is 0 Å². The maximum absolute atomic E-state index is 5.83. The van der Waals surface area contributed by atoms with Crippen molar-refractivity contribution in [2.24, 2.45) is 5.92 Å².